The average molecular weight is 603 g/mol. The molecule has 2 aromatic carbocycles. The van der Waals surface area contributed by atoms with Crippen molar-refractivity contribution in [1.82, 2.24) is 20.2 Å². The van der Waals surface area contributed by atoms with Gasteiger partial charge in [0.1, 0.15) is 46.9 Å². The predicted molar refractivity (Wildman–Crippen MR) is 168 cm³/mol. The van der Waals surface area contributed by atoms with E-state index in [-0.39, 0.29) is 34.1 Å². The zero-order valence-corrected chi connectivity index (χ0v) is 25.5. The van der Waals surface area contributed by atoms with Crippen molar-refractivity contribution < 1.29 is 18.7 Å². The number of rotatable bonds is 11. The molecule has 11 nitrogen and oxygen atoms in total. The Morgan fingerprint density at radius 2 is 1.89 bits per heavy atom. The summed E-state index contributed by atoms with van der Waals surface area (Å²) in [6.45, 7) is 6.68. The Hall–Kier alpha value is -4.86. The number of nitriles is 1. The number of nitrogens with one attached hydrogen (secondary N) is 3. The normalized spacial score (nSPS) is 13.0. The maximum atomic E-state index is 14.5. The molecule has 1 aliphatic heterocycles. The standard InChI is InChI=1S/C18H16FN5O.C14H23N3O2/c1-22-18-15(17(21)23-10-24-18)16(20)13-8-7-12(9-14(13)19)25-11-5-3-2-4-6-11;1-14(2,16-6-9-19-3)10-12(11-15)13(18)17-7-4-5-8-17/h2-10,20H,1H3,(H3,21,22,23,24);10,16H,4-9H2,1-3H3/b;12-10+. The number of methoxy groups -OCH3 is 1. The fourth-order valence-electron chi connectivity index (χ4n) is 4.48. The van der Waals surface area contributed by atoms with Crippen LogP contribution < -0.4 is 21.1 Å². The molecule has 0 aliphatic carbocycles. The number of hydrogen-bond acceptors (Lipinski definition) is 10. The molecule has 1 aromatic heterocycles. The van der Waals surface area contributed by atoms with Crippen molar-refractivity contribution in [2.75, 3.05) is 51.4 Å². The number of benzene rings is 2. The van der Waals surface area contributed by atoms with Gasteiger partial charge >= 0.3 is 0 Å². The molecule has 0 unspecified atom stereocenters. The van der Waals surface area contributed by atoms with Crippen LogP contribution in [0.2, 0.25) is 0 Å². The molecule has 0 saturated carbocycles. The monoisotopic (exact) mass is 602 g/mol. The van der Waals surface area contributed by atoms with E-state index < -0.39 is 11.4 Å². The summed E-state index contributed by atoms with van der Waals surface area (Å²) in [7, 11) is 3.29. The molecule has 232 valence electrons. The van der Waals surface area contributed by atoms with E-state index in [0.717, 1.165) is 25.9 Å². The number of nitrogens with two attached hydrogens (primary N) is 1. The lowest BCUT2D eigenvalue weighted by atomic mass is 10.0. The molecule has 0 bridgehead atoms. The van der Waals surface area contributed by atoms with Gasteiger partial charge in [-0.15, -0.1) is 0 Å². The number of carbonyl (C=O) groups is 1. The second-order valence-electron chi connectivity index (χ2n) is 10.5. The third-order valence-electron chi connectivity index (χ3n) is 6.69. The van der Waals surface area contributed by atoms with Gasteiger partial charge in [0.05, 0.1) is 17.9 Å². The molecular formula is C32H39FN8O3. The minimum atomic E-state index is -0.594. The first-order valence-corrected chi connectivity index (χ1v) is 14.2. The maximum Gasteiger partial charge on any atom is 0.264 e. The number of nitrogen functional groups attached to an aromatic ring is 1. The summed E-state index contributed by atoms with van der Waals surface area (Å²) >= 11 is 0. The lowest BCUT2D eigenvalue weighted by Gasteiger charge is -2.23. The van der Waals surface area contributed by atoms with Crippen molar-refractivity contribution in [2.24, 2.45) is 0 Å². The van der Waals surface area contributed by atoms with Crippen molar-refractivity contribution in [1.29, 1.82) is 10.7 Å². The van der Waals surface area contributed by atoms with Gasteiger partial charge in [-0.25, -0.2) is 14.4 Å². The van der Waals surface area contributed by atoms with Crippen molar-refractivity contribution in [3.05, 3.63) is 83.5 Å². The second kappa shape index (κ2) is 16.1. The summed E-state index contributed by atoms with van der Waals surface area (Å²) in [6, 6.07) is 15.4. The van der Waals surface area contributed by atoms with Gasteiger partial charge in [-0.2, -0.15) is 5.26 Å². The van der Waals surface area contributed by atoms with Crippen molar-refractivity contribution in [3.8, 4) is 17.6 Å². The van der Waals surface area contributed by atoms with E-state index in [2.05, 4.69) is 20.6 Å². The number of aromatic nitrogens is 2. The molecule has 4 rings (SSSR count). The summed E-state index contributed by atoms with van der Waals surface area (Å²) in [4.78, 5) is 21.8. The lowest BCUT2D eigenvalue weighted by molar-refractivity contribution is -0.125. The zero-order chi connectivity index (χ0) is 32.1. The predicted octanol–water partition coefficient (Wildman–Crippen LogP) is 4.52. The summed E-state index contributed by atoms with van der Waals surface area (Å²) in [5.41, 5.74) is 5.88. The Labute approximate surface area is 257 Å². The fraction of sp³-hybridized carbons (Fsp3) is 0.344. The average Bonchev–Trinajstić information content (AvgIpc) is 3.55. The van der Waals surface area contributed by atoms with Gasteiger partial charge in [0, 0.05) is 51.0 Å². The Balaban J connectivity index is 0.000000251. The van der Waals surface area contributed by atoms with Crippen LogP contribution in [-0.2, 0) is 9.53 Å². The molecule has 1 aliphatic rings. The fourth-order valence-corrected chi connectivity index (χ4v) is 4.48. The largest absolute Gasteiger partial charge is 0.457 e. The van der Waals surface area contributed by atoms with Gasteiger partial charge in [-0.05, 0) is 57.0 Å². The Bertz CT molecular complexity index is 1500. The quantitative estimate of drug-likeness (QED) is 0.107. The molecule has 3 aromatic rings. The number of ether oxygens (including phenoxy) is 2. The van der Waals surface area contributed by atoms with E-state index in [1.165, 1.54) is 18.5 Å². The van der Waals surface area contributed by atoms with Crippen molar-refractivity contribution in [3.63, 3.8) is 0 Å². The Kier molecular flexibility index (Phi) is 12.3. The molecule has 1 saturated heterocycles. The van der Waals surface area contributed by atoms with Crippen LogP contribution in [-0.4, -0.2) is 72.4 Å². The summed E-state index contributed by atoms with van der Waals surface area (Å²) in [6.07, 6.45) is 5.05. The Morgan fingerprint density at radius 3 is 2.50 bits per heavy atom. The van der Waals surface area contributed by atoms with Gasteiger partial charge in [-0.1, -0.05) is 18.2 Å². The number of carbonyl (C=O) groups excluding carboxylic acids is 1. The third kappa shape index (κ3) is 9.32. The van der Waals surface area contributed by atoms with Gasteiger partial charge in [-0.3, -0.25) is 10.2 Å². The zero-order valence-electron chi connectivity index (χ0n) is 25.5. The summed E-state index contributed by atoms with van der Waals surface area (Å²) < 4.78 is 25.1. The van der Waals surface area contributed by atoms with Crippen LogP contribution >= 0.6 is 0 Å². The number of para-hydroxylation sites is 1. The van der Waals surface area contributed by atoms with E-state index in [4.69, 9.17) is 20.6 Å². The molecule has 0 radical (unpaired) electrons. The lowest BCUT2D eigenvalue weighted by Crippen LogP contribution is -2.40. The van der Waals surface area contributed by atoms with Gasteiger partial charge in [0.15, 0.2) is 0 Å². The first-order valence-electron chi connectivity index (χ1n) is 14.2. The first-order chi connectivity index (χ1) is 21.1. The number of nitrogens with zero attached hydrogens (tertiary/aromatic N) is 4. The smallest absolute Gasteiger partial charge is 0.264 e. The van der Waals surface area contributed by atoms with E-state index in [1.807, 2.05) is 38.1 Å². The number of amides is 1. The molecule has 0 spiro atoms. The minimum Gasteiger partial charge on any atom is -0.457 e. The molecule has 5 N–H and O–H groups in total. The molecule has 1 amide bonds. The van der Waals surface area contributed by atoms with Crippen LogP contribution in [0, 0.1) is 22.6 Å². The van der Waals surface area contributed by atoms with E-state index in [9.17, 15) is 14.4 Å². The molecule has 44 heavy (non-hydrogen) atoms. The SMILES string of the molecule is CNc1ncnc(N)c1C(=N)c1ccc(Oc2ccccc2)cc1F.COCCNC(C)(C)/C=C(\C#N)C(=O)N1CCCC1. The van der Waals surface area contributed by atoms with Crippen molar-refractivity contribution >= 4 is 23.3 Å². The molecule has 1 fully saturated rings. The number of halogens is 1. The van der Waals surface area contributed by atoms with Crippen LogP contribution in [0.3, 0.4) is 0 Å². The maximum absolute atomic E-state index is 14.5. The molecular weight excluding hydrogens is 563 g/mol. The van der Waals surface area contributed by atoms with Crippen LogP contribution in [0.5, 0.6) is 11.5 Å². The molecule has 2 heterocycles. The van der Waals surface area contributed by atoms with E-state index in [1.54, 1.807) is 43.3 Å². The van der Waals surface area contributed by atoms with E-state index >= 15 is 0 Å². The summed E-state index contributed by atoms with van der Waals surface area (Å²) in [5, 5.41) is 23.6. The second-order valence-corrected chi connectivity index (χ2v) is 10.5. The van der Waals surface area contributed by atoms with Gasteiger partial charge < -0.3 is 30.7 Å². The van der Waals surface area contributed by atoms with Crippen LogP contribution in [0.15, 0.2) is 66.5 Å². The van der Waals surface area contributed by atoms with Gasteiger partial charge in [0.25, 0.3) is 5.91 Å². The highest BCUT2D eigenvalue weighted by atomic mass is 19.1. The molecule has 0 atom stereocenters. The topological polar surface area (TPSA) is 162 Å². The highest BCUT2D eigenvalue weighted by molar-refractivity contribution is 6.16. The number of likely N-dealkylation sites (tertiary alicyclic amines) is 1. The van der Waals surface area contributed by atoms with Gasteiger partial charge in [0.2, 0.25) is 0 Å². The summed E-state index contributed by atoms with van der Waals surface area (Å²) in [5.74, 6) is 0.662. The third-order valence-corrected chi connectivity index (χ3v) is 6.69. The van der Waals surface area contributed by atoms with Crippen molar-refractivity contribution in [2.45, 2.75) is 32.2 Å². The van der Waals surface area contributed by atoms with E-state index in [0.29, 0.717) is 30.5 Å². The number of anilines is 2. The van der Waals surface area contributed by atoms with Crippen LogP contribution in [0.1, 0.15) is 37.8 Å². The van der Waals surface area contributed by atoms with Crippen LogP contribution in [0.25, 0.3) is 0 Å². The number of hydrogen-bond donors (Lipinski definition) is 4. The molecule has 12 heteroatoms. The minimum absolute atomic E-state index is 0.0819. The first kappa shape index (κ1) is 33.6. The Morgan fingerprint density at radius 1 is 1.18 bits per heavy atom. The van der Waals surface area contributed by atoms with Crippen LogP contribution in [0.4, 0.5) is 16.0 Å². The highest BCUT2D eigenvalue weighted by Crippen LogP contribution is 2.27. The highest BCUT2D eigenvalue weighted by Gasteiger charge is 2.24.